The van der Waals surface area contributed by atoms with Crippen molar-refractivity contribution in [1.29, 1.82) is 0 Å². The van der Waals surface area contributed by atoms with E-state index in [4.69, 9.17) is 0 Å². The summed E-state index contributed by atoms with van der Waals surface area (Å²) in [7, 11) is 1.82. The molecular weight excluding hydrogens is 150 g/mol. The predicted octanol–water partition coefficient (Wildman–Crippen LogP) is 2.24. The maximum Gasteiger partial charge on any atom is 0.161 e. The molecule has 0 fully saturated rings. The van der Waals surface area contributed by atoms with Crippen LogP contribution in [-0.4, -0.2) is 12.8 Å². The van der Waals surface area contributed by atoms with Gasteiger partial charge in [0.25, 0.3) is 0 Å². The van der Waals surface area contributed by atoms with Crippen LogP contribution in [0.15, 0.2) is 18.2 Å². The molecule has 0 unspecified atom stereocenters. The lowest BCUT2D eigenvalue weighted by Gasteiger charge is -2.06. The van der Waals surface area contributed by atoms with E-state index in [9.17, 15) is 4.79 Å². The number of benzene rings is 1. The van der Waals surface area contributed by atoms with Crippen molar-refractivity contribution in [2.24, 2.45) is 0 Å². The molecule has 0 radical (unpaired) electrons. The smallest absolute Gasteiger partial charge is 0.161 e. The number of anilines is 1. The molecule has 0 aliphatic carbocycles. The summed E-state index contributed by atoms with van der Waals surface area (Å²) in [5.41, 5.74) is 2.81. The van der Waals surface area contributed by atoms with Gasteiger partial charge in [0.05, 0.1) is 0 Å². The molecule has 0 aliphatic heterocycles. The van der Waals surface area contributed by atoms with Gasteiger partial charge in [-0.3, -0.25) is 4.79 Å². The fourth-order valence-corrected chi connectivity index (χ4v) is 1.17. The van der Waals surface area contributed by atoms with Gasteiger partial charge in [-0.2, -0.15) is 0 Å². The molecule has 2 nitrogen and oxygen atoms in total. The number of rotatable bonds is 2. The van der Waals surface area contributed by atoms with Crippen LogP contribution in [0.2, 0.25) is 0 Å². The van der Waals surface area contributed by atoms with E-state index in [0.717, 1.165) is 16.8 Å². The monoisotopic (exact) mass is 163 g/mol. The van der Waals surface area contributed by atoms with Gasteiger partial charge in [-0.05, 0) is 31.5 Å². The molecular formula is C10H13NO. The lowest BCUT2D eigenvalue weighted by atomic mass is 10.1. The van der Waals surface area contributed by atoms with Gasteiger partial charge in [-0.15, -0.1) is 0 Å². The highest BCUT2D eigenvalue weighted by Crippen LogP contribution is 2.16. The van der Waals surface area contributed by atoms with Crippen molar-refractivity contribution < 1.29 is 4.79 Å². The number of ketones is 1. The third kappa shape index (κ3) is 1.64. The third-order valence-corrected chi connectivity index (χ3v) is 1.82. The van der Waals surface area contributed by atoms with E-state index in [1.54, 1.807) is 6.92 Å². The minimum absolute atomic E-state index is 0.0966. The van der Waals surface area contributed by atoms with Gasteiger partial charge in [-0.1, -0.05) is 6.07 Å². The summed E-state index contributed by atoms with van der Waals surface area (Å²) >= 11 is 0. The molecule has 0 atom stereocenters. The highest BCUT2D eigenvalue weighted by atomic mass is 16.1. The van der Waals surface area contributed by atoms with Crippen LogP contribution >= 0.6 is 0 Å². The molecule has 0 saturated heterocycles. The van der Waals surface area contributed by atoms with E-state index in [-0.39, 0.29) is 5.78 Å². The average Bonchev–Trinajstić information content (AvgIpc) is 2.03. The summed E-state index contributed by atoms with van der Waals surface area (Å²) in [4.78, 5) is 11.1. The Hall–Kier alpha value is -1.31. The van der Waals surface area contributed by atoms with Gasteiger partial charge < -0.3 is 5.32 Å². The minimum Gasteiger partial charge on any atom is -0.388 e. The van der Waals surface area contributed by atoms with E-state index >= 15 is 0 Å². The molecule has 64 valence electrons. The predicted molar refractivity (Wildman–Crippen MR) is 50.7 cm³/mol. The van der Waals surface area contributed by atoms with Crippen molar-refractivity contribution in [1.82, 2.24) is 0 Å². The molecule has 0 bridgehead atoms. The zero-order chi connectivity index (χ0) is 9.14. The van der Waals surface area contributed by atoms with E-state index in [1.807, 2.05) is 32.2 Å². The Morgan fingerprint density at radius 1 is 1.42 bits per heavy atom. The van der Waals surface area contributed by atoms with E-state index in [1.165, 1.54) is 0 Å². The standard InChI is InChI=1S/C10H13NO/c1-7-4-5-9(8(2)12)10(6-7)11-3/h4-6,11H,1-3H3. The fourth-order valence-electron chi connectivity index (χ4n) is 1.17. The van der Waals surface area contributed by atoms with Crippen LogP contribution in [0.25, 0.3) is 0 Å². The average molecular weight is 163 g/mol. The Morgan fingerprint density at radius 3 is 2.58 bits per heavy atom. The van der Waals surface area contributed by atoms with Gasteiger partial charge in [0.2, 0.25) is 0 Å². The van der Waals surface area contributed by atoms with E-state index < -0.39 is 0 Å². The summed E-state index contributed by atoms with van der Waals surface area (Å²) in [6.07, 6.45) is 0. The fraction of sp³-hybridized carbons (Fsp3) is 0.300. The summed E-state index contributed by atoms with van der Waals surface area (Å²) in [5, 5.41) is 3.00. The summed E-state index contributed by atoms with van der Waals surface area (Å²) in [6.45, 7) is 3.58. The molecule has 0 amide bonds. The summed E-state index contributed by atoms with van der Waals surface area (Å²) in [6, 6.07) is 5.76. The molecule has 0 saturated carbocycles. The molecule has 12 heavy (non-hydrogen) atoms. The highest BCUT2D eigenvalue weighted by Gasteiger charge is 2.04. The minimum atomic E-state index is 0.0966. The van der Waals surface area contributed by atoms with E-state index in [2.05, 4.69) is 5.32 Å². The Labute approximate surface area is 72.6 Å². The Kier molecular flexibility index (Phi) is 2.48. The zero-order valence-electron chi connectivity index (χ0n) is 7.64. The molecule has 0 aliphatic rings. The number of carbonyl (C=O) groups is 1. The number of nitrogens with one attached hydrogen (secondary N) is 1. The van der Waals surface area contributed by atoms with Crippen LogP contribution in [0.1, 0.15) is 22.8 Å². The van der Waals surface area contributed by atoms with Gasteiger partial charge in [0.15, 0.2) is 5.78 Å². The van der Waals surface area contributed by atoms with Crippen LogP contribution in [0.3, 0.4) is 0 Å². The van der Waals surface area contributed by atoms with Gasteiger partial charge >= 0.3 is 0 Å². The first-order valence-electron chi connectivity index (χ1n) is 3.94. The normalized spacial score (nSPS) is 9.58. The van der Waals surface area contributed by atoms with Crippen LogP contribution in [0.5, 0.6) is 0 Å². The molecule has 1 rings (SSSR count). The molecule has 0 heterocycles. The van der Waals surface area contributed by atoms with Crippen molar-refractivity contribution in [2.75, 3.05) is 12.4 Å². The Balaban J connectivity index is 3.20. The number of aryl methyl sites for hydroxylation is 1. The Morgan fingerprint density at radius 2 is 2.08 bits per heavy atom. The van der Waals surface area contributed by atoms with Crippen molar-refractivity contribution >= 4 is 11.5 Å². The number of carbonyl (C=O) groups excluding carboxylic acids is 1. The van der Waals surface area contributed by atoms with Crippen molar-refractivity contribution in [3.8, 4) is 0 Å². The second-order valence-corrected chi connectivity index (χ2v) is 2.86. The van der Waals surface area contributed by atoms with Gasteiger partial charge in [0, 0.05) is 18.3 Å². The molecule has 2 heteroatoms. The van der Waals surface area contributed by atoms with Crippen LogP contribution in [-0.2, 0) is 0 Å². The second-order valence-electron chi connectivity index (χ2n) is 2.86. The largest absolute Gasteiger partial charge is 0.388 e. The van der Waals surface area contributed by atoms with E-state index in [0.29, 0.717) is 0 Å². The zero-order valence-corrected chi connectivity index (χ0v) is 7.64. The summed E-state index contributed by atoms with van der Waals surface area (Å²) in [5.74, 6) is 0.0966. The third-order valence-electron chi connectivity index (χ3n) is 1.82. The van der Waals surface area contributed by atoms with Crippen LogP contribution < -0.4 is 5.32 Å². The topological polar surface area (TPSA) is 29.1 Å². The SMILES string of the molecule is CNc1cc(C)ccc1C(C)=O. The first-order chi connectivity index (χ1) is 5.65. The first-order valence-corrected chi connectivity index (χ1v) is 3.94. The van der Waals surface area contributed by atoms with Crippen LogP contribution in [0, 0.1) is 6.92 Å². The molecule has 1 N–H and O–H groups in total. The van der Waals surface area contributed by atoms with Crippen molar-refractivity contribution in [3.05, 3.63) is 29.3 Å². The lowest BCUT2D eigenvalue weighted by Crippen LogP contribution is -2.00. The lowest BCUT2D eigenvalue weighted by molar-refractivity contribution is 0.101. The maximum atomic E-state index is 11.1. The van der Waals surface area contributed by atoms with Crippen molar-refractivity contribution in [3.63, 3.8) is 0 Å². The van der Waals surface area contributed by atoms with Gasteiger partial charge in [-0.25, -0.2) is 0 Å². The maximum absolute atomic E-state index is 11.1. The summed E-state index contributed by atoms with van der Waals surface area (Å²) < 4.78 is 0. The number of Topliss-reactive ketones (excluding diaryl/α,β-unsaturated/α-hetero) is 1. The first kappa shape index (κ1) is 8.78. The Bertz CT molecular complexity index is 305. The molecule has 1 aromatic carbocycles. The molecule has 0 aromatic heterocycles. The van der Waals surface area contributed by atoms with Crippen LogP contribution in [0.4, 0.5) is 5.69 Å². The number of hydrogen-bond acceptors (Lipinski definition) is 2. The molecule has 1 aromatic rings. The number of hydrogen-bond donors (Lipinski definition) is 1. The molecule has 0 spiro atoms. The second kappa shape index (κ2) is 3.39. The van der Waals surface area contributed by atoms with Gasteiger partial charge in [0.1, 0.15) is 0 Å². The highest BCUT2D eigenvalue weighted by molar-refractivity contribution is 5.99. The quantitative estimate of drug-likeness (QED) is 0.677. The van der Waals surface area contributed by atoms with Crippen molar-refractivity contribution in [2.45, 2.75) is 13.8 Å².